The predicted molar refractivity (Wildman–Crippen MR) is 115 cm³/mol. The summed E-state index contributed by atoms with van der Waals surface area (Å²) in [6, 6.07) is 2.63. The Kier molecular flexibility index (Phi) is 5.63. The number of carbonyl (C=O) groups is 1. The second kappa shape index (κ2) is 8.47. The quantitative estimate of drug-likeness (QED) is 0.453. The molecule has 3 heterocycles. The molecule has 4 N–H and O–H groups in total. The Bertz CT molecular complexity index is 1210. The number of alkyl halides is 1. The van der Waals surface area contributed by atoms with E-state index < -0.39 is 42.2 Å². The first kappa shape index (κ1) is 21.9. The van der Waals surface area contributed by atoms with Gasteiger partial charge in [-0.15, -0.1) is 0 Å². The van der Waals surface area contributed by atoms with Crippen LogP contribution >= 0.6 is 11.6 Å². The van der Waals surface area contributed by atoms with Gasteiger partial charge in [-0.1, -0.05) is 11.6 Å². The van der Waals surface area contributed by atoms with Crippen molar-refractivity contribution in [3.05, 3.63) is 46.6 Å². The molecule has 0 bridgehead atoms. The first-order valence-corrected chi connectivity index (χ1v) is 10.9. The van der Waals surface area contributed by atoms with E-state index in [-0.39, 0.29) is 46.1 Å². The highest BCUT2D eigenvalue weighted by Crippen LogP contribution is 2.38. The summed E-state index contributed by atoms with van der Waals surface area (Å²) in [4.78, 5) is 23.0. The number of aromatic nitrogens is 4. The van der Waals surface area contributed by atoms with E-state index in [0.29, 0.717) is 12.8 Å². The number of carbonyl (C=O) groups excluding carboxylic acids is 1. The van der Waals surface area contributed by atoms with Crippen LogP contribution in [0.25, 0.3) is 11.0 Å². The first-order valence-electron chi connectivity index (χ1n) is 10.5. The summed E-state index contributed by atoms with van der Waals surface area (Å²) < 4.78 is 28.9. The van der Waals surface area contributed by atoms with Crippen molar-refractivity contribution < 1.29 is 23.8 Å². The van der Waals surface area contributed by atoms with Crippen molar-refractivity contribution in [2.45, 2.75) is 49.7 Å². The standard InChI is InChI=1S/C21H21ClF2N6O3/c22-9-1-2-12(24)11(5-9)14-6-10(23)7-30(14)21(33)17-16-19(25-8-26-20(16)29-28-17)27-13-3-4-15(31)18(13)32/h1-2,5,8,10,13-15,18,31-32H,3-4,6-7H2,(H2,25,26,27,28,29)/t10-,13+,14+,15+,18-/m0/s1. The molecule has 12 heteroatoms. The van der Waals surface area contributed by atoms with Crippen LogP contribution in [0.5, 0.6) is 0 Å². The van der Waals surface area contributed by atoms with Gasteiger partial charge in [0, 0.05) is 17.0 Å². The maximum absolute atomic E-state index is 14.5. The number of aliphatic hydroxyl groups is 2. The molecule has 0 radical (unpaired) electrons. The van der Waals surface area contributed by atoms with Gasteiger partial charge >= 0.3 is 0 Å². The highest BCUT2D eigenvalue weighted by molar-refractivity contribution is 6.30. The summed E-state index contributed by atoms with van der Waals surface area (Å²) in [5.41, 5.74) is 0.349. The van der Waals surface area contributed by atoms with Crippen LogP contribution in [0.15, 0.2) is 24.5 Å². The van der Waals surface area contributed by atoms with Gasteiger partial charge in [0.1, 0.15) is 24.1 Å². The molecule has 5 rings (SSSR count). The van der Waals surface area contributed by atoms with Crippen molar-refractivity contribution in [3.63, 3.8) is 0 Å². The molecule has 1 amide bonds. The minimum Gasteiger partial charge on any atom is -0.390 e. The van der Waals surface area contributed by atoms with Gasteiger partial charge in [-0.05, 0) is 31.0 Å². The fraction of sp³-hybridized carbons (Fsp3) is 0.429. The van der Waals surface area contributed by atoms with E-state index in [2.05, 4.69) is 25.5 Å². The second-order valence-corrected chi connectivity index (χ2v) is 8.81. The molecular formula is C21H21ClF2N6O3. The lowest BCUT2D eigenvalue weighted by Crippen LogP contribution is -2.35. The van der Waals surface area contributed by atoms with E-state index in [0.717, 1.165) is 0 Å². The zero-order valence-corrected chi connectivity index (χ0v) is 18.0. The van der Waals surface area contributed by atoms with E-state index in [1.807, 2.05) is 0 Å². The van der Waals surface area contributed by atoms with Gasteiger partial charge in [-0.25, -0.2) is 18.7 Å². The van der Waals surface area contributed by atoms with E-state index in [1.165, 1.54) is 29.4 Å². The molecule has 1 aromatic carbocycles. The van der Waals surface area contributed by atoms with Gasteiger partial charge in [0.05, 0.1) is 36.2 Å². The maximum atomic E-state index is 14.5. The number of likely N-dealkylation sites (tertiary alicyclic amines) is 1. The number of amides is 1. The minimum atomic E-state index is -1.34. The fourth-order valence-electron chi connectivity index (χ4n) is 4.63. The Labute approximate surface area is 191 Å². The molecule has 2 fully saturated rings. The Hall–Kier alpha value is -2.89. The Morgan fingerprint density at radius 3 is 2.85 bits per heavy atom. The average molecular weight is 479 g/mol. The molecule has 5 atom stereocenters. The van der Waals surface area contributed by atoms with Crippen molar-refractivity contribution in [3.8, 4) is 0 Å². The Balaban J connectivity index is 1.51. The lowest BCUT2D eigenvalue weighted by molar-refractivity contribution is 0.0392. The molecule has 1 saturated carbocycles. The number of aliphatic hydroxyl groups excluding tert-OH is 2. The minimum absolute atomic E-state index is 0.0531. The van der Waals surface area contributed by atoms with E-state index in [9.17, 15) is 23.8 Å². The van der Waals surface area contributed by atoms with Crippen LogP contribution < -0.4 is 5.32 Å². The molecule has 3 aromatic rings. The first-order chi connectivity index (χ1) is 15.8. The smallest absolute Gasteiger partial charge is 0.275 e. The number of aromatic amines is 1. The van der Waals surface area contributed by atoms with Crippen LogP contribution in [0.4, 0.5) is 14.6 Å². The molecule has 1 aliphatic heterocycles. The third-order valence-corrected chi connectivity index (χ3v) is 6.53. The van der Waals surface area contributed by atoms with Gasteiger partial charge in [0.15, 0.2) is 11.3 Å². The summed E-state index contributed by atoms with van der Waals surface area (Å²) in [6.07, 6.45) is -1.08. The number of nitrogens with one attached hydrogen (secondary N) is 2. The SMILES string of the molecule is O=C(c1n[nH]c2ncnc(N[C@@H]3CC[C@@H](O)[C@H]3O)c12)N1C[C@@H](F)C[C@@H]1c1cc(Cl)ccc1F. The fourth-order valence-corrected chi connectivity index (χ4v) is 4.81. The number of nitrogens with zero attached hydrogens (tertiary/aromatic N) is 4. The Morgan fingerprint density at radius 2 is 2.09 bits per heavy atom. The monoisotopic (exact) mass is 478 g/mol. The predicted octanol–water partition coefficient (Wildman–Crippen LogP) is 2.37. The third kappa shape index (κ3) is 3.90. The normalized spacial score (nSPS) is 27.4. The molecular weight excluding hydrogens is 458 g/mol. The number of rotatable bonds is 4. The number of anilines is 1. The number of hydrogen-bond acceptors (Lipinski definition) is 7. The average Bonchev–Trinajstić information content (AvgIpc) is 3.49. The van der Waals surface area contributed by atoms with Crippen LogP contribution in [0.3, 0.4) is 0 Å². The van der Waals surface area contributed by atoms with Crippen molar-refractivity contribution in [1.29, 1.82) is 0 Å². The molecule has 2 aromatic heterocycles. The van der Waals surface area contributed by atoms with Crippen LogP contribution in [0, 0.1) is 5.82 Å². The zero-order chi connectivity index (χ0) is 23.3. The van der Waals surface area contributed by atoms with Gasteiger partial charge in [0.2, 0.25) is 0 Å². The van der Waals surface area contributed by atoms with Gasteiger partial charge in [0.25, 0.3) is 5.91 Å². The van der Waals surface area contributed by atoms with Crippen LogP contribution in [-0.4, -0.2) is 72.2 Å². The summed E-state index contributed by atoms with van der Waals surface area (Å²) in [6.45, 7) is -0.228. The summed E-state index contributed by atoms with van der Waals surface area (Å²) in [5.74, 6) is -0.949. The van der Waals surface area contributed by atoms with Gasteiger partial charge in [-0.3, -0.25) is 9.89 Å². The molecule has 33 heavy (non-hydrogen) atoms. The Morgan fingerprint density at radius 1 is 1.27 bits per heavy atom. The highest BCUT2D eigenvalue weighted by Gasteiger charge is 2.40. The van der Waals surface area contributed by atoms with Gasteiger partial charge < -0.3 is 20.4 Å². The van der Waals surface area contributed by atoms with Gasteiger partial charge in [-0.2, -0.15) is 5.10 Å². The van der Waals surface area contributed by atoms with Crippen molar-refractivity contribution in [1.82, 2.24) is 25.1 Å². The van der Waals surface area contributed by atoms with Crippen LogP contribution in [0.2, 0.25) is 5.02 Å². The van der Waals surface area contributed by atoms with Crippen molar-refractivity contribution in [2.24, 2.45) is 0 Å². The van der Waals surface area contributed by atoms with Crippen molar-refractivity contribution in [2.75, 3.05) is 11.9 Å². The van der Waals surface area contributed by atoms with E-state index in [4.69, 9.17) is 11.6 Å². The number of benzene rings is 1. The van der Waals surface area contributed by atoms with E-state index >= 15 is 0 Å². The van der Waals surface area contributed by atoms with Crippen molar-refractivity contribution >= 4 is 34.4 Å². The molecule has 1 saturated heterocycles. The lowest BCUT2D eigenvalue weighted by Gasteiger charge is -2.25. The molecule has 1 aliphatic carbocycles. The molecule has 0 spiro atoms. The maximum Gasteiger partial charge on any atom is 0.275 e. The lowest BCUT2D eigenvalue weighted by atomic mass is 10.0. The van der Waals surface area contributed by atoms with E-state index in [1.54, 1.807) is 0 Å². The largest absolute Gasteiger partial charge is 0.390 e. The highest BCUT2D eigenvalue weighted by atomic mass is 35.5. The van der Waals surface area contributed by atoms with Crippen LogP contribution in [-0.2, 0) is 0 Å². The summed E-state index contributed by atoms with van der Waals surface area (Å²) in [7, 11) is 0. The molecule has 2 aliphatic rings. The molecule has 9 nitrogen and oxygen atoms in total. The molecule has 174 valence electrons. The zero-order valence-electron chi connectivity index (χ0n) is 17.3. The molecule has 0 unspecified atom stereocenters. The summed E-state index contributed by atoms with van der Waals surface area (Å²) >= 11 is 6.02. The number of hydrogen-bond donors (Lipinski definition) is 4. The third-order valence-electron chi connectivity index (χ3n) is 6.29. The second-order valence-electron chi connectivity index (χ2n) is 8.38. The van der Waals surface area contributed by atoms with Crippen LogP contribution in [0.1, 0.15) is 41.4 Å². The summed E-state index contributed by atoms with van der Waals surface area (Å²) in [5, 5.41) is 30.4. The number of H-pyrrole nitrogens is 1. The number of fused-ring (bicyclic) bond motifs is 1. The number of halogens is 3. The topological polar surface area (TPSA) is 127 Å².